The fraction of sp³-hybridized carbons (Fsp3) is 0.462. The van der Waals surface area contributed by atoms with Gasteiger partial charge in [0, 0.05) is 17.1 Å². The topological polar surface area (TPSA) is 64.3 Å². The van der Waals surface area contributed by atoms with E-state index < -0.39 is 0 Å². The molecule has 0 spiro atoms. The van der Waals surface area contributed by atoms with E-state index in [9.17, 15) is 4.79 Å². The standard InChI is InChI=1S/C13H19ClN2O2.ClH/c1-4-18-12-7-10(14)5-6-11(12)16-13(17)8(2)9(3)15;/h5-9H,4,15H2,1-3H3,(H,16,17);1H. The van der Waals surface area contributed by atoms with Crippen molar-refractivity contribution in [3.63, 3.8) is 0 Å². The summed E-state index contributed by atoms with van der Waals surface area (Å²) in [6, 6.07) is 4.90. The molecule has 1 aromatic rings. The molecule has 0 saturated carbocycles. The number of benzene rings is 1. The molecule has 3 N–H and O–H groups in total. The van der Waals surface area contributed by atoms with Gasteiger partial charge in [-0.3, -0.25) is 4.79 Å². The Kier molecular flexibility index (Phi) is 7.83. The van der Waals surface area contributed by atoms with Gasteiger partial charge in [0.25, 0.3) is 0 Å². The van der Waals surface area contributed by atoms with Gasteiger partial charge in [-0.1, -0.05) is 18.5 Å². The average molecular weight is 307 g/mol. The van der Waals surface area contributed by atoms with Gasteiger partial charge >= 0.3 is 0 Å². The highest BCUT2D eigenvalue weighted by molar-refractivity contribution is 6.30. The number of anilines is 1. The monoisotopic (exact) mass is 306 g/mol. The van der Waals surface area contributed by atoms with E-state index in [1.165, 1.54) is 0 Å². The van der Waals surface area contributed by atoms with Crippen LogP contribution in [0.4, 0.5) is 5.69 Å². The van der Waals surface area contributed by atoms with Crippen LogP contribution < -0.4 is 15.8 Å². The summed E-state index contributed by atoms with van der Waals surface area (Å²) in [6.45, 7) is 5.97. The molecule has 0 radical (unpaired) electrons. The van der Waals surface area contributed by atoms with Gasteiger partial charge in [-0.25, -0.2) is 0 Å². The maximum absolute atomic E-state index is 11.9. The molecule has 4 nitrogen and oxygen atoms in total. The largest absolute Gasteiger partial charge is 0.492 e. The summed E-state index contributed by atoms with van der Waals surface area (Å²) in [5, 5.41) is 3.37. The third-order valence-corrected chi connectivity index (χ3v) is 2.94. The lowest BCUT2D eigenvalue weighted by atomic mass is 10.0. The first-order chi connectivity index (χ1) is 8.45. The molecule has 0 saturated heterocycles. The first-order valence-corrected chi connectivity index (χ1v) is 6.32. The molecule has 6 heteroatoms. The highest BCUT2D eigenvalue weighted by atomic mass is 35.5. The third kappa shape index (κ3) is 5.27. The van der Waals surface area contributed by atoms with Crippen molar-refractivity contribution >= 4 is 35.6 Å². The number of hydrogen-bond donors (Lipinski definition) is 2. The molecule has 1 amide bonds. The zero-order valence-electron chi connectivity index (χ0n) is 11.3. The van der Waals surface area contributed by atoms with Crippen molar-refractivity contribution in [3.05, 3.63) is 23.2 Å². The summed E-state index contributed by atoms with van der Waals surface area (Å²) in [6.07, 6.45) is 0. The van der Waals surface area contributed by atoms with E-state index >= 15 is 0 Å². The van der Waals surface area contributed by atoms with Crippen LogP contribution in [-0.4, -0.2) is 18.6 Å². The Labute approximate surface area is 125 Å². The van der Waals surface area contributed by atoms with Crippen LogP contribution in [0.2, 0.25) is 5.02 Å². The Bertz CT molecular complexity index is 425. The van der Waals surface area contributed by atoms with Crippen molar-refractivity contribution in [1.82, 2.24) is 0 Å². The SMILES string of the molecule is CCOc1cc(Cl)ccc1NC(=O)C(C)C(C)N.Cl. The van der Waals surface area contributed by atoms with E-state index in [-0.39, 0.29) is 30.3 Å². The Morgan fingerprint density at radius 2 is 2.11 bits per heavy atom. The fourth-order valence-electron chi connectivity index (χ4n) is 1.36. The van der Waals surface area contributed by atoms with Crippen LogP contribution >= 0.6 is 24.0 Å². The minimum atomic E-state index is -0.268. The molecule has 2 atom stereocenters. The lowest BCUT2D eigenvalue weighted by Gasteiger charge is -2.17. The zero-order chi connectivity index (χ0) is 13.7. The normalized spacial score (nSPS) is 13.1. The summed E-state index contributed by atoms with van der Waals surface area (Å²) in [5.41, 5.74) is 6.31. The molecular weight excluding hydrogens is 287 g/mol. The second-order valence-corrected chi connectivity index (χ2v) is 4.65. The van der Waals surface area contributed by atoms with E-state index in [0.717, 1.165) is 0 Å². The van der Waals surface area contributed by atoms with Crippen LogP contribution in [0.25, 0.3) is 0 Å². The lowest BCUT2D eigenvalue weighted by molar-refractivity contribution is -0.119. The Hall–Kier alpha value is -0.970. The van der Waals surface area contributed by atoms with Crippen molar-refractivity contribution in [3.8, 4) is 5.75 Å². The average Bonchev–Trinajstić information content (AvgIpc) is 2.31. The van der Waals surface area contributed by atoms with E-state index in [1.807, 2.05) is 6.92 Å². The van der Waals surface area contributed by atoms with Crippen LogP contribution in [0.5, 0.6) is 5.75 Å². The molecule has 1 rings (SSSR count). The predicted molar refractivity (Wildman–Crippen MR) is 81.3 cm³/mol. The molecule has 0 aromatic heterocycles. The smallest absolute Gasteiger partial charge is 0.228 e. The molecule has 0 heterocycles. The number of nitrogens with one attached hydrogen (secondary N) is 1. The van der Waals surface area contributed by atoms with Crippen LogP contribution in [-0.2, 0) is 4.79 Å². The number of rotatable bonds is 5. The second-order valence-electron chi connectivity index (χ2n) is 4.21. The van der Waals surface area contributed by atoms with Gasteiger partial charge in [0.05, 0.1) is 18.2 Å². The number of halogens is 2. The summed E-state index contributed by atoms with van der Waals surface area (Å²) < 4.78 is 5.43. The molecule has 0 aliphatic heterocycles. The van der Waals surface area contributed by atoms with Gasteiger partial charge in [-0.15, -0.1) is 12.4 Å². The minimum absolute atomic E-state index is 0. The number of carbonyl (C=O) groups excluding carboxylic acids is 1. The first kappa shape index (κ1) is 18.0. The molecule has 108 valence electrons. The lowest BCUT2D eigenvalue weighted by Crippen LogP contribution is -2.34. The predicted octanol–water partition coefficient (Wildman–Crippen LogP) is 3.08. The second kappa shape index (κ2) is 8.25. The van der Waals surface area contributed by atoms with Gasteiger partial charge in [-0.05, 0) is 26.0 Å². The maximum atomic E-state index is 11.9. The number of ether oxygens (including phenoxy) is 1. The Morgan fingerprint density at radius 3 is 2.63 bits per heavy atom. The fourth-order valence-corrected chi connectivity index (χ4v) is 1.52. The highest BCUT2D eigenvalue weighted by Gasteiger charge is 2.18. The van der Waals surface area contributed by atoms with Crippen LogP contribution in [0.3, 0.4) is 0 Å². The molecule has 0 aliphatic carbocycles. The number of carbonyl (C=O) groups is 1. The van der Waals surface area contributed by atoms with Crippen molar-refractivity contribution < 1.29 is 9.53 Å². The molecule has 0 aliphatic rings. The molecule has 2 unspecified atom stereocenters. The number of amides is 1. The quantitative estimate of drug-likeness (QED) is 0.878. The van der Waals surface area contributed by atoms with Crippen molar-refractivity contribution in [2.75, 3.05) is 11.9 Å². The van der Waals surface area contributed by atoms with E-state index in [2.05, 4.69) is 5.32 Å². The zero-order valence-corrected chi connectivity index (χ0v) is 12.8. The van der Waals surface area contributed by atoms with Crippen LogP contribution in [0.1, 0.15) is 20.8 Å². The summed E-state index contributed by atoms with van der Waals surface area (Å²) >= 11 is 5.89. The first-order valence-electron chi connectivity index (χ1n) is 5.94. The van der Waals surface area contributed by atoms with Gasteiger partial charge in [0.1, 0.15) is 5.75 Å². The molecular formula is C13H20Cl2N2O2. The van der Waals surface area contributed by atoms with Crippen LogP contribution in [0.15, 0.2) is 18.2 Å². The number of hydrogen-bond acceptors (Lipinski definition) is 3. The van der Waals surface area contributed by atoms with E-state index in [4.69, 9.17) is 22.1 Å². The Morgan fingerprint density at radius 1 is 1.47 bits per heavy atom. The Balaban J connectivity index is 0.00000324. The molecule has 1 aromatic carbocycles. The third-order valence-electron chi connectivity index (χ3n) is 2.70. The van der Waals surface area contributed by atoms with Gasteiger partial charge in [0.15, 0.2) is 0 Å². The van der Waals surface area contributed by atoms with Crippen LogP contribution in [0, 0.1) is 5.92 Å². The summed E-state index contributed by atoms with van der Waals surface area (Å²) in [7, 11) is 0. The number of nitrogens with two attached hydrogens (primary N) is 1. The maximum Gasteiger partial charge on any atom is 0.228 e. The summed E-state index contributed by atoms with van der Waals surface area (Å²) in [5.74, 6) is 0.165. The van der Waals surface area contributed by atoms with Crippen molar-refractivity contribution in [2.45, 2.75) is 26.8 Å². The van der Waals surface area contributed by atoms with E-state index in [1.54, 1.807) is 32.0 Å². The van der Waals surface area contributed by atoms with Crippen molar-refractivity contribution in [1.29, 1.82) is 0 Å². The van der Waals surface area contributed by atoms with Gasteiger partial charge < -0.3 is 15.8 Å². The molecule has 0 fully saturated rings. The molecule has 0 bridgehead atoms. The van der Waals surface area contributed by atoms with Gasteiger partial charge in [0.2, 0.25) is 5.91 Å². The molecule has 19 heavy (non-hydrogen) atoms. The van der Waals surface area contributed by atoms with Gasteiger partial charge in [-0.2, -0.15) is 0 Å². The minimum Gasteiger partial charge on any atom is -0.492 e. The highest BCUT2D eigenvalue weighted by Crippen LogP contribution is 2.28. The van der Waals surface area contributed by atoms with Crippen molar-refractivity contribution in [2.24, 2.45) is 11.7 Å². The summed E-state index contributed by atoms with van der Waals surface area (Å²) in [4.78, 5) is 11.9. The van der Waals surface area contributed by atoms with E-state index in [0.29, 0.717) is 23.1 Å².